The first-order valence-electron chi connectivity index (χ1n) is 9.16. The minimum Gasteiger partial charge on any atom is -0.353 e. The van der Waals surface area contributed by atoms with Gasteiger partial charge in [0.2, 0.25) is 5.91 Å². The van der Waals surface area contributed by atoms with Crippen molar-refractivity contribution >= 4 is 5.91 Å². The molecule has 26 heavy (non-hydrogen) atoms. The summed E-state index contributed by atoms with van der Waals surface area (Å²) >= 11 is 0. The summed E-state index contributed by atoms with van der Waals surface area (Å²) in [5, 5.41) is 16.2. The summed E-state index contributed by atoms with van der Waals surface area (Å²) in [5.74, 6) is 2.47. The molecular weight excluding hydrogens is 330 g/mol. The minimum absolute atomic E-state index is 0.0901. The molecule has 0 atom stereocenters. The molecule has 0 spiro atoms. The first-order valence-corrected chi connectivity index (χ1v) is 9.16. The van der Waals surface area contributed by atoms with Crippen LogP contribution >= 0.6 is 0 Å². The van der Waals surface area contributed by atoms with Gasteiger partial charge in [0.1, 0.15) is 11.6 Å². The van der Waals surface area contributed by atoms with Crippen molar-refractivity contribution in [2.75, 3.05) is 14.1 Å². The molecule has 8 nitrogen and oxygen atoms in total. The van der Waals surface area contributed by atoms with Gasteiger partial charge in [-0.15, -0.1) is 10.2 Å². The van der Waals surface area contributed by atoms with E-state index in [1.165, 1.54) is 0 Å². The quantitative estimate of drug-likeness (QED) is 0.802. The molecule has 2 heterocycles. The number of amides is 1. The van der Waals surface area contributed by atoms with Gasteiger partial charge in [-0.2, -0.15) is 5.10 Å². The number of nitrogens with zero attached hydrogens (tertiary/aromatic N) is 6. The van der Waals surface area contributed by atoms with Crippen LogP contribution in [0.2, 0.25) is 0 Å². The first-order chi connectivity index (χ1) is 12.3. The molecule has 1 aliphatic carbocycles. The third kappa shape index (κ3) is 4.12. The highest BCUT2D eigenvalue weighted by Crippen LogP contribution is 2.35. The number of hydrogen-bond donors (Lipinski definition) is 1. The molecule has 1 aliphatic rings. The topological polar surface area (TPSA) is 80.9 Å². The van der Waals surface area contributed by atoms with Crippen LogP contribution in [0.4, 0.5) is 0 Å². The molecule has 3 rings (SSSR count). The van der Waals surface area contributed by atoms with Crippen molar-refractivity contribution in [3.05, 3.63) is 29.1 Å². The van der Waals surface area contributed by atoms with Gasteiger partial charge in [-0.25, -0.2) is 0 Å². The summed E-state index contributed by atoms with van der Waals surface area (Å²) in [7, 11) is 6.07. The fourth-order valence-electron chi connectivity index (χ4n) is 3.51. The maximum Gasteiger partial charge on any atom is 0.222 e. The molecule has 8 heteroatoms. The Bertz CT molecular complexity index is 771. The fourth-order valence-corrected chi connectivity index (χ4v) is 3.51. The molecule has 0 aromatic carbocycles. The van der Waals surface area contributed by atoms with E-state index in [1.807, 2.05) is 45.7 Å². The second-order valence-electron chi connectivity index (χ2n) is 7.60. The predicted octanol–water partition coefficient (Wildman–Crippen LogP) is 1.14. The molecule has 142 valence electrons. The van der Waals surface area contributed by atoms with Gasteiger partial charge in [0.05, 0.1) is 12.2 Å². The Hall–Kier alpha value is -2.22. The van der Waals surface area contributed by atoms with Crippen LogP contribution in [0.1, 0.15) is 48.2 Å². The maximum absolute atomic E-state index is 12.2. The Balaban J connectivity index is 1.44. The standard InChI is InChI=1S/C18H29N7O/c1-12-8-13(2)25(22-12)7-6-17(26)19-15-9-14(10-15)18-21-20-16(24(18)5)11-23(3)4/h8,14-15H,6-7,9-11H2,1-5H3,(H,19,26). The number of nitrogens with one attached hydrogen (secondary N) is 1. The molecule has 1 saturated carbocycles. The summed E-state index contributed by atoms with van der Waals surface area (Å²) < 4.78 is 3.98. The number of hydrogen-bond acceptors (Lipinski definition) is 5. The van der Waals surface area contributed by atoms with Crippen LogP contribution in [0, 0.1) is 13.8 Å². The number of aryl methyl sites for hydroxylation is 3. The van der Waals surface area contributed by atoms with Gasteiger partial charge in [-0.05, 0) is 46.9 Å². The van der Waals surface area contributed by atoms with Gasteiger partial charge in [0.15, 0.2) is 0 Å². The molecule has 0 aliphatic heterocycles. The zero-order chi connectivity index (χ0) is 18.8. The smallest absolute Gasteiger partial charge is 0.222 e. The summed E-state index contributed by atoms with van der Waals surface area (Å²) in [5.41, 5.74) is 2.08. The average Bonchev–Trinajstić information content (AvgIpc) is 3.03. The van der Waals surface area contributed by atoms with Crippen LogP contribution in [0.3, 0.4) is 0 Å². The van der Waals surface area contributed by atoms with Gasteiger partial charge < -0.3 is 14.8 Å². The molecule has 0 bridgehead atoms. The lowest BCUT2D eigenvalue weighted by atomic mass is 9.79. The average molecular weight is 359 g/mol. The Morgan fingerprint density at radius 3 is 2.65 bits per heavy atom. The number of carbonyl (C=O) groups excluding carboxylic acids is 1. The Morgan fingerprint density at radius 2 is 2.04 bits per heavy atom. The molecule has 0 radical (unpaired) electrons. The molecule has 0 unspecified atom stereocenters. The van der Waals surface area contributed by atoms with Crippen molar-refractivity contribution in [2.45, 2.75) is 58.2 Å². The van der Waals surface area contributed by atoms with Gasteiger partial charge >= 0.3 is 0 Å². The monoisotopic (exact) mass is 359 g/mol. The Kier molecular flexibility index (Phi) is 5.41. The second-order valence-corrected chi connectivity index (χ2v) is 7.60. The van der Waals surface area contributed by atoms with Crippen molar-refractivity contribution in [3.63, 3.8) is 0 Å². The lowest BCUT2D eigenvalue weighted by Gasteiger charge is -2.35. The van der Waals surface area contributed by atoms with E-state index in [2.05, 4.69) is 30.1 Å². The van der Waals surface area contributed by atoms with Crippen LogP contribution in [0.5, 0.6) is 0 Å². The van der Waals surface area contributed by atoms with E-state index in [-0.39, 0.29) is 11.9 Å². The molecule has 1 N–H and O–H groups in total. The minimum atomic E-state index is 0.0901. The van der Waals surface area contributed by atoms with E-state index in [0.29, 0.717) is 18.9 Å². The van der Waals surface area contributed by atoms with E-state index in [0.717, 1.165) is 42.4 Å². The fraction of sp³-hybridized carbons (Fsp3) is 0.667. The van der Waals surface area contributed by atoms with E-state index >= 15 is 0 Å². The predicted molar refractivity (Wildman–Crippen MR) is 98.6 cm³/mol. The van der Waals surface area contributed by atoms with E-state index in [9.17, 15) is 4.79 Å². The lowest BCUT2D eigenvalue weighted by molar-refractivity contribution is -0.122. The van der Waals surface area contributed by atoms with Crippen LogP contribution < -0.4 is 5.32 Å². The van der Waals surface area contributed by atoms with Crippen LogP contribution in [0.15, 0.2) is 6.07 Å². The summed E-state index contributed by atoms with van der Waals surface area (Å²) in [4.78, 5) is 14.3. The van der Waals surface area contributed by atoms with Crippen molar-refractivity contribution < 1.29 is 4.79 Å². The normalized spacial score (nSPS) is 19.6. The largest absolute Gasteiger partial charge is 0.353 e. The van der Waals surface area contributed by atoms with Gasteiger partial charge in [-0.3, -0.25) is 9.48 Å². The highest BCUT2D eigenvalue weighted by molar-refractivity contribution is 5.76. The summed E-state index contributed by atoms with van der Waals surface area (Å²) in [6.45, 7) is 5.38. The molecule has 2 aromatic rings. The van der Waals surface area contributed by atoms with Crippen molar-refractivity contribution in [1.29, 1.82) is 0 Å². The highest BCUT2D eigenvalue weighted by atomic mass is 16.1. The van der Waals surface area contributed by atoms with Gasteiger partial charge in [0.25, 0.3) is 0 Å². The molecule has 1 fully saturated rings. The third-order valence-corrected chi connectivity index (χ3v) is 4.98. The van der Waals surface area contributed by atoms with E-state index < -0.39 is 0 Å². The SMILES string of the molecule is Cc1cc(C)n(CCC(=O)NC2CC(c3nnc(CN(C)C)n3C)C2)n1. The Labute approximate surface area is 154 Å². The first kappa shape index (κ1) is 18.6. The van der Waals surface area contributed by atoms with Gasteiger partial charge in [-0.1, -0.05) is 0 Å². The Morgan fingerprint density at radius 1 is 1.31 bits per heavy atom. The zero-order valence-electron chi connectivity index (χ0n) is 16.4. The van der Waals surface area contributed by atoms with Crippen LogP contribution in [-0.2, 0) is 24.9 Å². The number of rotatable bonds is 7. The molecule has 0 saturated heterocycles. The van der Waals surface area contributed by atoms with Crippen molar-refractivity contribution in [1.82, 2.24) is 34.8 Å². The zero-order valence-corrected chi connectivity index (χ0v) is 16.4. The third-order valence-electron chi connectivity index (χ3n) is 4.98. The van der Waals surface area contributed by atoms with Crippen molar-refractivity contribution in [3.8, 4) is 0 Å². The maximum atomic E-state index is 12.2. The summed E-state index contributed by atoms with van der Waals surface area (Å²) in [6, 6.07) is 2.27. The summed E-state index contributed by atoms with van der Waals surface area (Å²) in [6.07, 6.45) is 2.32. The van der Waals surface area contributed by atoms with Crippen LogP contribution in [-0.4, -0.2) is 55.5 Å². The van der Waals surface area contributed by atoms with E-state index in [1.54, 1.807) is 0 Å². The molecular formula is C18H29N7O. The van der Waals surface area contributed by atoms with Crippen molar-refractivity contribution in [2.24, 2.45) is 7.05 Å². The second kappa shape index (κ2) is 7.57. The highest BCUT2D eigenvalue weighted by Gasteiger charge is 2.34. The number of aromatic nitrogens is 5. The molecule has 2 aromatic heterocycles. The lowest BCUT2D eigenvalue weighted by Crippen LogP contribution is -2.44. The van der Waals surface area contributed by atoms with E-state index in [4.69, 9.17) is 0 Å². The molecule has 1 amide bonds. The van der Waals surface area contributed by atoms with Crippen LogP contribution in [0.25, 0.3) is 0 Å². The van der Waals surface area contributed by atoms with Gasteiger partial charge in [0, 0.05) is 37.7 Å². The number of carbonyl (C=O) groups is 1.